The number of amides is 1. The van der Waals surface area contributed by atoms with E-state index in [4.69, 9.17) is 15.6 Å². The third kappa shape index (κ3) is 3.46. The SMILES string of the molecule is COC1CCN(C(=O)C(N)CC(=O)O)CC1. The number of rotatable bonds is 4. The topological polar surface area (TPSA) is 92.9 Å². The summed E-state index contributed by atoms with van der Waals surface area (Å²) in [6.07, 6.45) is 1.44. The van der Waals surface area contributed by atoms with Gasteiger partial charge in [-0.1, -0.05) is 0 Å². The Balaban J connectivity index is 2.40. The fourth-order valence-electron chi connectivity index (χ4n) is 1.82. The molecule has 0 bridgehead atoms. The van der Waals surface area contributed by atoms with Gasteiger partial charge in [0, 0.05) is 20.2 Å². The van der Waals surface area contributed by atoms with Crippen LogP contribution >= 0.6 is 0 Å². The van der Waals surface area contributed by atoms with E-state index in [1.807, 2.05) is 0 Å². The van der Waals surface area contributed by atoms with Gasteiger partial charge in [0.15, 0.2) is 0 Å². The molecule has 92 valence electrons. The zero-order chi connectivity index (χ0) is 12.1. The Bertz CT molecular complexity index is 262. The molecule has 1 saturated heterocycles. The van der Waals surface area contributed by atoms with Crippen molar-refractivity contribution in [1.82, 2.24) is 4.90 Å². The molecular weight excluding hydrogens is 212 g/mol. The molecule has 1 aliphatic heterocycles. The molecule has 6 heteroatoms. The molecule has 0 aromatic carbocycles. The number of carbonyl (C=O) groups excluding carboxylic acids is 1. The molecule has 0 aromatic rings. The molecule has 6 nitrogen and oxygen atoms in total. The molecule has 1 unspecified atom stereocenters. The fourth-order valence-corrected chi connectivity index (χ4v) is 1.82. The number of nitrogens with two attached hydrogens (primary N) is 1. The average molecular weight is 230 g/mol. The van der Waals surface area contributed by atoms with E-state index in [0.717, 1.165) is 12.8 Å². The van der Waals surface area contributed by atoms with Gasteiger partial charge in [0.05, 0.1) is 18.6 Å². The zero-order valence-electron chi connectivity index (χ0n) is 9.39. The fraction of sp³-hybridized carbons (Fsp3) is 0.800. The van der Waals surface area contributed by atoms with E-state index in [9.17, 15) is 9.59 Å². The number of aliphatic carboxylic acids is 1. The number of carbonyl (C=O) groups is 2. The van der Waals surface area contributed by atoms with Gasteiger partial charge in [0.2, 0.25) is 5.91 Å². The van der Waals surface area contributed by atoms with E-state index in [-0.39, 0.29) is 18.4 Å². The van der Waals surface area contributed by atoms with Crippen LogP contribution in [0.4, 0.5) is 0 Å². The number of likely N-dealkylation sites (tertiary alicyclic amines) is 1. The molecule has 1 amide bonds. The predicted molar refractivity (Wildman–Crippen MR) is 56.8 cm³/mol. The lowest BCUT2D eigenvalue weighted by Crippen LogP contribution is -2.48. The van der Waals surface area contributed by atoms with E-state index in [1.165, 1.54) is 0 Å². The summed E-state index contributed by atoms with van der Waals surface area (Å²) in [6.45, 7) is 1.18. The monoisotopic (exact) mass is 230 g/mol. The molecule has 1 aliphatic rings. The van der Waals surface area contributed by atoms with Crippen molar-refractivity contribution in [3.8, 4) is 0 Å². The van der Waals surface area contributed by atoms with Crippen LogP contribution in [0.25, 0.3) is 0 Å². The van der Waals surface area contributed by atoms with Gasteiger partial charge in [0.1, 0.15) is 0 Å². The Labute approximate surface area is 94.3 Å². The summed E-state index contributed by atoms with van der Waals surface area (Å²) >= 11 is 0. The second-order valence-corrected chi connectivity index (χ2v) is 3.96. The highest BCUT2D eigenvalue weighted by molar-refractivity contribution is 5.86. The Morgan fingerprint density at radius 1 is 1.50 bits per heavy atom. The Morgan fingerprint density at radius 2 is 2.06 bits per heavy atom. The number of carboxylic acid groups (broad SMARTS) is 1. The quantitative estimate of drug-likeness (QED) is 0.674. The van der Waals surface area contributed by atoms with E-state index in [1.54, 1.807) is 12.0 Å². The summed E-state index contributed by atoms with van der Waals surface area (Å²) in [7, 11) is 1.65. The van der Waals surface area contributed by atoms with E-state index < -0.39 is 12.0 Å². The van der Waals surface area contributed by atoms with Gasteiger partial charge in [-0.05, 0) is 12.8 Å². The highest BCUT2D eigenvalue weighted by Crippen LogP contribution is 2.13. The van der Waals surface area contributed by atoms with Gasteiger partial charge in [0.25, 0.3) is 0 Å². The van der Waals surface area contributed by atoms with Gasteiger partial charge in [-0.3, -0.25) is 9.59 Å². The first-order chi connectivity index (χ1) is 7.54. The maximum Gasteiger partial charge on any atom is 0.305 e. The molecule has 1 heterocycles. The van der Waals surface area contributed by atoms with Crippen LogP contribution in [0.3, 0.4) is 0 Å². The van der Waals surface area contributed by atoms with Crippen molar-refractivity contribution in [2.75, 3.05) is 20.2 Å². The maximum atomic E-state index is 11.7. The Hall–Kier alpha value is -1.14. The lowest BCUT2D eigenvalue weighted by Gasteiger charge is -2.32. The highest BCUT2D eigenvalue weighted by atomic mass is 16.5. The second kappa shape index (κ2) is 5.81. The number of nitrogens with zero attached hydrogens (tertiary/aromatic N) is 1. The van der Waals surface area contributed by atoms with Crippen LogP contribution < -0.4 is 5.73 Å². The van der Waals surface area contributed by atoms with Crippen molar-refractivity contribution in [3.05, 3.63) is 0 Å². The van der Waals surface area contributed by atoms with Crippen molar-refractivity contribution in [2.45, 2.75) is 31.4 Å². The molecule has 0 radical (unpaired) electrons. The van der Waals surface area contributed by atoms with Crippen LogP contribution in [-0.2, 0) is 14.3 Å². The summed E-state index contributed by atoms with van der Waals surface area (Å²) in [4.78, 5) is 23.8. The molecule has 1 fully saturated rings. The number of hydrogen-bond donors (Lipinski definition) is 2. The van der Waals surface area contributed by atoms with Crippen LogP contribution in [-0.4, -0.2) is 54.2 Å². The van der Waals surface area contributed by atoms with Crippen molar-refractivity contribution >= 4 is 11.9 Å². The summed E-state index contributed by atoms with van der Waals surface area (Å²) < 4.78 is 5.18. The normalized spacial score (nSPS) is 19.5. The van der Waals surface area contributed by atoms with Crippen molar-refractivity contribution in [2.24, 2.45) is 5.73 Å². The molecule has 0 spiro atoms. The minimum atomic E-state index is -1.05. The van der Waals surface area contributed by atoms with Crippen LogP contribution in [0.5, 0.6) is 0 Å². The second-order valence-electron chi connectivity index (χ2n) is 3.96. The average Bonchev–Trinajstić information content (AvgIpc) is 2.27. The van der Waals surface area contributed by atoms with Crippen LogP contribution in [0.2, 0.25) is 0 Å². The van der Waals surface area contributed by atoms with Crippen LogP contribution in [0.1, 0.15) is 19.3 Å². The number of piperidine rings is 1. The third-order valence-electron chi connectivity index (χ3n) is 2.80. The van der Waals surface area contributed by atoms with Gasteiger partial charge in [-0.25, -0.2) is 0 Å². The molecular formula is C10H18N2O4. The lowest BCUT2D eigenvalue weighted by molar-refractivity contribution is -0.142. The Kier molecular flexibility index (Phi) is 4.70. The van der Waals surface area contributed by atoms with Crippen molar-refractivity contribution in [3.63, 3.8) is 0 Å². The van der Waals surface area contributed by atoms with E-state index in [0.29, 0.717) is 13.1 Å². The maximum absolute atomic E-state index is 11.7. The minimum absolute atomic E-state index is 0.194. The number of hydrogen-bond acceptors (Lipinski definition) is 4. The zero-order valence-corrected chi connectivity index (χ0v) is 9.39. The first-order valence-electron chi connectivity index (χ1n) is 5.33. The van der Waals surface area contributed by atoms with Crippen molar-refractivity contribution < 1.29 is 19.4 Å². The van der Waals surface area contributed by atoms with Gasteiger partial charge in [-0.15, -0.1) is 0 Å². The van der Waals surface area contributed by atoms with Gasteiger partial charge >= 0.3 is 5.97 Å². The number of ether oxygens (including phenoxy) is 1. The highest BCUT2D eigenvalue weighted by Gasteiger charge is 2.27. The van der Waals surface area contributed by atoms with Crippen LogP contribution in [0.15, 0.2) is 0 Å². The summed E-state index contributed by atoms with van der Waals surface area (Å²) in [5.74, 6) is -1.33. The minimum Gasteiger partial charge on any atom is -0.481 e. The number of carboxylic acids is 1. The first-order valence-corrected chi connectivity index (χ1v) is 5.33. The first kappa shape index (κ1) is 12.9. The largest absolute Gasteiger partial charge is 0.481 e. The van der Waals surface area contributed by atoms with Crippen molar-refractivity contribution in [1.29, 1.82) is 0 Å². The molecule has 1 atom stereocenters. The molecule has 3 N–H and O–H groups in total. The van der Waals surface area contributed by atoms with E-state index >= 15 is 0 Å². The molecule has 16 heavy (non-hydrogen) atoms. The van der Waals surface area contributed by atoms with Gasteiger partial charge in [-0.2, -0.15) is 0 Å². The van der Waals surface area contributed by atoms with E-state index in [2.05, 4.69) is 0 Å². The molecule has 0 saturated carbocycles. The molecule has 0 aliphatic carbocycles. The Morgan fingerprint density at radius 3 is 2.50 bits per heavy atom. The summed E-state index contributed by atoms with van der Waals surface area (Å²) in [6, 6.07) is -0.934. The smallest absolute Gasteiger partial charge is 0.305 e. The molecule has 1 rings (SSSR count). The predicted octanol–water partition coefficient (Wildman–Crippen LogP) is -0.574. The summed E-state index contributed by atoms with van der Waals surface area (Å²) in [5.41, 5.74) is 5.51. The van der Waals surface area contributed by atoms with Gasteiger partial charge < -0.3 is 20.5 Å². The molecule has 0 aromatic heterocycles. The summed E-state index contributed by atoms with van der Waals surface area (Å²) in [5, 5.41) is 8.54. The third-order valence-corrected chi connectivity index (χ3v) is 2.80. The number of methoxy groups -OCH3 is 1. The van der Waals surface area contributed by atoms with Crippen LogP contribution in [0, 0.1) is 0 Å². The standard InChI is InChI=1S/C10H18N2O4/c1-16-7-2-4-12(5-3-7)10(15)8(11)6-9(13)14/h7-8H,2-6,11H2,1H3,(H,13,14). The lowest BCUT2D eigenvalue weighted by atomic mass is 10.1.